The predicted molar refractivity (Wildman–Crippen MR) is 127 cm³/mol. The number of H-pyrrole nitrogens is 1. The Morgan fingerprint density at radius 2 is 1.75 bits per heavy atom. The molecule has 2 aromatic carbocycles. The van der Waals surface area contributed by atoms with Crippen molar-refractivity contribution in [1.29, 1.82) is 0 Å². The van der Waals surface area contributed by atoms with E-state index in [-0.39, 0.29) is 5.56 Å². The maximum Gasteiger partial charge on any atom is 0.248 e. The Kier molecular flexibility index (Phi) is 5.93. The van der Waals surface area contributed by atoms with Gasteiger partial charge in [-0.25, -0.2) is 0 Å². The molecule has 0 spiro atoms. The van der Waals surface area contributed by atoms with Crippen LogP contribution in [0.15, 0.2) is 82.7 Å². The van der Waals surface area contributed by atoms with E-state index in [1.165, 1.54) is 6.07 Å². The molecule has 0 bridgehead atoms. The van der Waals surface area contributed by atoms with E-state index >= 15 is 0 Å². The molecule has 2 aliphatic rings. The Bertz CT molecular complexity index is 1210. The number of allylic oxidation sites excluding steroid dienone is 2. The van der Waals surface area contributed by atoms with Crippen molar-refractivity contribution >= 4 is 10.9 Å². The van der Waals surface area contributed by atoms with Crippen LogP contribution in [0.25, 0.3) is 10.9 Å². The van der Waals surface area contributed by atoms with Gasteiger partial charge in [-0.1, -0.05) is 59.7 Å². The van der Waals surface area contributed by atoms with Crippen molar-refractivity contribution in [3.8, 4) is 5.75 Å². The normalized spacial score (nSPS) is 17.0. The second kappa shape index (κ2) is 9.15. The van der Waals surface area contributed by atoms with Crippen molar-refractivity contribution in [3.63, 3.8) is 0 Å². The minimum atomic E-state index is -0.678. The van der Waals surface area contributed by atoms with E-state index in [0.717, 1.165) is 42.2 Å². The van der Waals surface area contributed by atoms with Crippen LogP contribution in [0.1, 0.15) is 42.9 Å². The van der Waals surface area contributed by atoms with Crippen LogP contribution >= 0.6 is 0 Å². The maximum atomic E-state index is 12.0. The van der Waals surface area contributed by atoms with Gasteiger partial charge in [0.1, 0.15) is 12.4 Å². The third-order valence-electron chi connectivity index (χ3n) is 6.47. The first kappa shape index (κ1) is 20.7. The molecule has 5 nitrogen and oxygen atoms in total. The average molecular weight is 429 g/mol. The Morgan fingerprint density at radius 1 is 1.00 bits per heavy atom. The van der Waals surface area contributed by atoms with E-state index in [9.17, 15) is 9.90 Å². The van der Waals surface area contributed by atoms with Crippen molar-refractivity contribution in [2.45, 2.75) is 44.4 Å². The molecule has 0 radical (unpaired) electrons. The highest BCUT2D eigenvalue weighted by atomic mass is 16.5. The monoisotopic (exact) mass is 428 g/mol. The molecule has 3 N–H and O–H groups in total. The van der Waals surface area contributed by atoms with Gasteiger partial charge in [0.05, 0.1) is 11.6 Å². The SMILES string of the molecule is O=c1ccc2c(C(O)CNC3CC4=C(CC=CC4)C3)ccc(OCc3ccccc3)c2[nH]1. The van der Waals surface area contributed by atoms with Gasteiger partial charge in [-0.15, -0.1) is 0 Å². The zero-order valence-corrected chi connectivity index (χ0v) is 18.0. The van der Waals surface area contributed by atoms with E-state index in [0.29, 0.717) is 30.5 Å². The molecule has 1 aromatic heterocycles. The summed E-state index contributed by atoms with van der Waals surface area (Å²) in [5.41, 5.74) is 5.38. The lowest BCUT2D eigenvalue weighted by atomic mass is 10.0. The Balaban J connectivity index is 1.31. The predicted octanol–water partition coefficient (Wildman–Crippen LogP) is 4.54. The summed E-state index contributed by atoms with van der Waals surface area (Å²) in [5.74, 6) is 0.602. The van der Waals surface area contributed by atoms with E-state index < -0.39 is 6.10 Å². The fourth-order valence-electron chi connectivity index (χ4n) is 4.79. The third kappa shape index (κ3) is 4.40. The van der Waals surface area contributed by atoms with Crippen molar-refractivity contribution in [1.82, 2.24) is 10.3 Å². The minimum Gasteiger partial charge on any atom is -0.487 e. The first-order valence-electron chi connectivity index (χ1n) is 11.3. The van der Waals surface area contributed by atoms with Crippen LogP contribution in [0.3, 0.4) is 0 Å². The molecule has 1 unspecified atom stereocenters. The Morgan fingerprint density at radius 3 is 2.50 bits per heavy atom. The molecule has 0 amide bonds. The molecule has 1 atom stereocenters. The van der Waals surface area contributed by atoms with E-state index in [2.05, 4.69) is 22.5 Å². The number of fused-ring (bicyclic) bond motifs is 1. The summed E-state index contributed by atoms with van der Waals surface area (Å²) >= 11 is 0. The van der Waals surface area contributed by atoms with Crippen LogP contribution in [-0.2, 0) is 6.61 Å². The van der Waals surface area contributed by atoms with Crippen molar-refractivity contribution in [2.75, 3.05) is 6.54 Å². The fraction of sp³-hybridized carbons (Fsp3) is 0.296. The topological polar surface area (TPSA) is 74.3 Å². The third-order valence-corrected chi connectivity index (χ3v) is 6.47. The van der Waals surface area contributed by atoms with Crippen LogP contribution in [0, 0.1) is 0 Å². The molecule has 3 aromatic rings. The number of ether oxygens (including phenoxy) is 1. The lowest BCUT2D eigenvalue weighted by Crippen LogP contribution is -2.31. The molecule has 0 aliphatic heterocycles. The van der Waals surface area contributed by atoms with E-state index in [1.54, 1.807) is 17.2 Å². The van der Waals surface area contributed by atoms with Gasteiger partial charge < -0.3 is 20.1 Å². The number of aliphatic hydroxyl groups is 1. The lowest BCUT2D eigenvalue weighted by molar-refractivity contribution is 0.171. The van der Waals surface area contributed by atoms with Crippen LogP contribution in [0.4, 0.5) is 0 Å². The number of pyridine rings is 1. The summed E-state index contributed by atoms with van der Waals surface area (Å²) in [4.78, 5) is 14.9. The van der Waals surface area contributed by atoms with Crippen LogP contribution in [0.5, 0.6) is 5.75 Å². The van der Waals surface area contributed by atoms with Crippen LogP contribution in [-0.4, -0.2) is 22.7 Å². The smallest absolute Gasteiger partial charge is 0.248 e. The Labute approximate surface area is 187 Å². The van der Waals surface area contributed by atoms with Gasteiger partial charge in [-0.3, -0.25) is 4.79 Å². The number of hydrogen-bond donors (Lipinski definition) is 3. The summed E-state index contributed by atoms with van der Waals surface area (Å²) < 4.78 is 6.01. The molecule has 5 rings (SSSR count). The second-order valence-corrected chi connectivity index (χ2v) is 8.65. The average Bonchev–Trinajstić information content (AvgIpc) is 3.24. The van der Waals surface area contributed by atoms with Gasteiger partial charge in [0.25, 0.3) is 0 Å². The zero-order valence-electron chi connectivity index (χ0n) is 18.0. The summed E-state index contributed by atoms with van der Waals surface area (Å²) in [5, 5.41) is 15.3. The van der Waals surface area contributed by atoms with Gasteiger partial charge in [0.15, 0.2) is 0 Å². The number of nitrogens with one attached hydrogen (secondary N) is 2. The molecule has 2 aliphatic carbocycles. The van der Waals surface area contributed by atoms with E-state index in [4.69, 9.17) is 4.74 Å². The summed E-state index contributed by atoms with van der Waals surface area (Å²) in [6.45, 7) is 0.877. The molecular weight excluding hydrogens is 400 g/mol. The number of hydrogen-bond acceptors (Lipinski definition) is 4. The Hall–Kier alpha value is -3.15. The molecule has 0 saturated carbocycles. The molecule has 164 valence electrons. The number of aliphatic hydroxyl groups excluding tert-OH is 1. The largest absolute Gasteiger partial charge is 0.487 e. The van der Waals surface area contributed by atoms with Gasteiger partial charge in [-0.05, 0) is 48.9 Å². The number of benzene rings is 2. The quantitative estimate of drug-likeness (QED) is 0.483. The van der Waals surface area contributed by atoms with Crippen molar-refractivity contribution in [3.05, 3.63) is 99.4 Å². The number of aromatic nitrogens is 1. The zero-order chi connectivity index (χ0) is 21.9. The highest BCUT2D eigenvalue weighted by Crippen LogP contribution is 2.35. The maximum absolute atomic E-state index is 12.0. The fourth-order valence-corrected chi connectivity index (χ4v) is 4.79. The molecule has 0 saturated heterocycles. The van der Waals surface area contributed by atoms with Crippen molar-refractivity contribution < 1.29 is 9.84 Å². The second-order valence-electron chi connectivity index (χ2n) is 8.65. The summed E-state index contributed by atoms with van der Waals surface area (Å²) in [6.07, 6.45) is 8.09. The van der Waals surface area contributed by atoms with Gasteiger partial charge in [0.2, 0.25) is 5.56 Å². The standard InChI is InChI=1S/C27H28N2O3/c30-24(16-28-21-14-19-8-4-5-9-20(19)15-21)22-10-12-25(27-23(22)11-13-26(31)29-27)32-17-18-6-2-1-3-7-18/h1-7,10-13,21,24,28,30H,8-9,14-17H2,(H,29,31). The molecule has 1 heterocycles. The lowest BCUT2D eigenvalue weighted by Gasteiger charge is -2.19. The first-order chi connectivity index (χ1) is 15.7. The summed E-state index contributed by atoms with van der Waals surface area (Å²) in [6, 6.07) is 17.3. The van der Waals surface area contributed by atoms with Gasteiger partial charge >= 0.3 is 0 Å². The molecule has 0 fully saturated rings. The minimum absolute atomic E-state index is 0.192. The molecular formula is C27H28N2O3. The van der Waals surface area contributed by atoms with Crippen LogP contribution in [0.2, 0.25) is 0 Å². The first-order valence-corrected chi connectivity index (χ1v) is 11.3. The van der Waals surface area contributed by atoms with Crippen molar-refractivity contribution in [2.24, 2.45) is 0 Å². The molecule has 5 heteroatoms. The van der Waals surface area contributed by atoms with E-state index in [1.807, 2.05) is 42.5 Å². The van der Waals surface area contributed by atoms with Gasteiger partial charge in [0, 0.05) is 24.0 Å². The number of rotatable bonds is 7. The van der Waals surface area contributed by atoms with Crippen LogP contribution < -0.4 is 15.6 Å². The highest BCUT2D eigenvalue weighted by molar-refractivity contribution is 5.87. The summed E-state index contributed by atoms with van der Waals surface area (Å²) in [7, 11) is 0. The van der Waals surface area contributed by atoms with Gasteiger partial charge in [-0.2, -0.15) is 0 Å². The molecule has 32 heavy (non-hydrogen) atoms. The number of aromatic amines is 1. The highest BCUT2D eigenvalue weighted by Gasteiger charge is 2.25.